The van der Waals surface area contributed by atoms with Gasteiger partial charge >= 0.3 is 6.18 Å². The van der Waals surface area contributed by atoms with Crippen LogP contribution in [0.2, 0.25) is 0 Å². The van der Waals surface area contributed by atoms with E-state index in [4.69, 9.17) is 9.47 Å². The van der Waals surface area contributed by atoms with E-state index < -0.39 is 6.18 Å². The molecule has 0 saturated carbocycles. The topological polar surface area (TPSA) is 18.5 Å². The van der Waals surface area contributed by atoms with Crippen molar-refractivity contribution in [2.75, 3.05) is 7.11 Å². The summed E-state index contributed by atoms with van der Waals surface area (Å²) in [5.41, 5.74) is 0.771. The third-order valence-electron chi connectivity index (χ3n) is 1.76. The minimum Gasteiger partial charge on any atom is -0.497 e. The standard InChI is InChI=1S/C11H11F3O2/c1-15-10-4-2-9(3-5-10)8-16-7-6-11(12,13)14/h2-7H,8H2,1H3/b7-6+. The molecule has 0 aliphatic carbocycles. The second-order valence-electron chi connectivity index (χ2n) is 3.00. The van der Waals surface area contributed by atoms with Crippen molar-refractivity contribution in [2.24, 2.45) is 0 Å². The van der Waals surface area contributed by atoms with Crippen molar-refractivity contribution in [1.82, 2.24) is 0 Å². The van der Waals surface area contributed by atoms with Gasteiger partial charge in [-0.15, -0.1) is 0 Å². The van der Waals surface area contributed by atoms with Crippen molar-refractivity contribution in [3.8, 4) is 5.75 Å². The molecule has 0 unspecified atom stereocenters. The number of halogens is 3. The van der Waals surface area contributed by atoms with Crippen LogP contribution in [0.25, 0.3) is 0 Å². The van der Waals surface area contributed by atoms with E-state index in [1.807, 2.05) is 0 Å². The van der Waals surface area contributed by atoms with Gasteiger partial charge in [0.2, 0.25) is 0 Å². The van der Waals surface area contributed by atoms with Gasteiger partial charge in [-0.25, -0.2) is 0 Å². The summed E-state index contributed by atoms with van der Waals surface area (Å²) in [5, 5.41) is 0. The monoisotopic (exact) mass is 232 g/mol. The zero-order valence-electron chi connectivity index (χ0n) is 8.62. The van der Waals surface area contributed by atoms with Crippen LogP contribution in [0.1, 0.15) is 5.56 Å². The van der Waals surface area contributed by atoms with E-state index in [1.54, 1.807) is 24.3 Å². The third-order valence-corrected chi connectivity index (χ3v) is 1.76. The average molecular weight is 232 g/mol. The molecule has 0 radical (unpaired) electrons. The Morgan fingerprint density at radius 3 is 2.31 bits per heavy atom. The van der Waals surface area contributed by atoms with Crippen molar-refractivity contribution in [1.29, 1.82) is 0 Å². The van der Waals surface area contributed by atoms with Crippen LogP contribution in [0, 0.1) is 0 Å². The van der Waals surface area contributed by atoms with E-state index in [1.165, 1.54) is 7.11 Å². The first-order valence-corrected chi connectivity index (χ1v) is 4.50. The number of methoxy groups -OCH3 is 1. The summed E-state index contributed by atoms with van der Waals surface area (Å²) >= 11 is 0. The fourth-order valence-electron chi connectivity index (χ4n) is 0.991. The Morgan fingerprint density at radius 1 is 1.19 bits per heavy atom. The van der Waals surface area contributed by atoms with Crippen LogP contribution in [-0.2, 0) is 11.3 Å². The zero-order valence-corrected chi connectivity index (χ0v) is 8.62. The maximum Gasteiger partial charge on any atom is 0.412 e. The fraction of sp³-hybridized carbons (Fsp3) is 0.273. The summed E-state index contributed by atoms with van der Waals surface area (Å²) in [7, 11) is 1.54. The molecular weight excluding hydrogens is 221 g/mol. The van der Waals surface area contributed by atoms with Gasteiger partial charge in [0.25, 0.3) is 0 Å². The molecule has 2 nitrogen and oxygen atoms in total. The molecule has 1 aromatic rings. The molecule has 0 heterocycles. The van der Waals surface area contributed by atoms with Crippen molar-refractivity contribution in [3.63, 3.8) is 0 Å². The maximum absolute atomic E-state index is 11.7. The number of rotatable bonds is 4. The van der Waals surface area contributed by atoms with Gasteiger partial charge in [-0.1, -0.05) is 12.1 Å². The van der Waals surface area contributed by atoms with Crippen LogP contribution < -0.4 is 4.74 Å². The average Bonchev–Trinajstić information content (AvgIpc) is 2.24. The summed E-state index contributed by atoms with van der Waals surface area (Å²) in [6, 6.07) is 6.87. The Morgan fingerprint density at radius 2 is 1.81 bits per heavy atom. The molecule has 0 spiro atoms. The molecule has 0 aliphatic rings. The maximum atomic E-state index is 11.7. The zero-order chi connectivity index (χ0) is 12.0. The predicted molar refractivity (Wildman–Crippen MR) is 53.0 cm³/mol. The first-order valence-electron chi connectivity index (χ1n) is 4.50. The molecule has 1 aromatic carbocycles. The Labute approximate surface area is 91.3 Å². The highest BCUT2D eigenvalue weighted by molar-refractivity contribution is 5.26. The number of alkyl halides is 3. The Balaban J connectivity index is 2.40. The molecule has 16 heavy (non-hydrogen) atoms. The van der Waals surface area contributed by atoms with Crippen LogP contribution in [0.5, 0.6) is 5.75 Å². The SMILES string of the molecule is COc1ccc(CO/C=C/C(F)(F)F)cc1. The molecule has 0 N–H and O–H groups in total. The lowest BCUT2D eigenvalue weighted by Crippen LogP contribution is -2.01. The normalized spacial score (nSPS) is 11.8. The van der Waals surface area contributed by atoms with E-state index in [0.29, 0.717) is 12.0 Å². The largest absolute Gasteiger partial charge is 0.497 e. The van der Waals surface area contributed by atoms with Crippen LogP contribution in [0.3, 0.4) is 0 Å². The van der Waals surface area contributed by atoms with E-state index in [-0.39, 0.29) is 12.7 Å². The highest BCUT2D eigenvalue weighted by Gasteiger charge is 2.22. The molecule has 5 heteroatoms. The van der Waals surface area contributed by atoms with E-state index in [9.17, 15) is 13.2 Å². The van der Waals surface area contributed by atoms with E-state index >= 15 is 0 Å². The Kier molecular flexibility index (Phi) is 4.22. The highest BCUT2D eigenvalue weighted by Crippen LogP contribution is 2.16. The van der Waals surface area contributed by atoms with Gasteiger partial charge in [0.15, 0.2) is 0 Å². The molecule has 0 saturated heterocycles. The molecule has 0 atom stereocenters. The predicted octanol–water partition coefficient (Wildman–Crippen LogP) is 3.29. The molecular formula is C11H11F3O2. The lowest BCUT2D eigenvalue weighted by molar-refractivity contribution is -0.0817. The molecule has 88 valence electrons. The summed E-state index contributed by atoms with van der Waals surface area (Å²) in [4.78, 5) is 0. The van der Waals surface area contributed by atoms with Crippen molar-refractivity contribution in [2.45, 2.75) is 12.8 Å². The van der Waals surface area contributed by atoms with Gasteiger partial charge in [-0.3, -0.25) is 0 Å². The van der Waals surface area contributed by atoms with Crippen LogP contribution in [0.4, 0.5) is 13.2 Å². The summed E-state index contributed by atoms with van der Waals surface area (Å²) in [6.45, 7) is 0.0938. The minimum atomic E-state index is -4.33. The second-order valence-corrected chi connectivity index (χ2v) is 3.00. The summed E-state index contributed by atoms with van der Waals surface area (Å²) in [6.07, 6.45) is -3.64. The van der Waals surface area contributed by atoms with Gasteiger partial charge in [0.1, 0.15) is 12.4 Å². The lowest BCUT2D eigenvalue weighted by Gasteiger charge is -2.03. The van der Waals surface area contributed by atoms with Crippen molar-refractivity contribution < 1.29 is 22.6 Å². The number of benzene rings is 1. The van der Waals surface area contributed by atoms with Crippen LogP contribution in [0.15, 0.2) is 36.6 Å². The number of ether oxygens (including phenoxy) is 2. The Bertz CT molecular complexity index is 341. The minimum absolute atomic E-state index is 0.0521. The smallest absolute Gasteiger partial charge is 0.412 e. The first-order chi connectivity index (χ1) is 7.51. The van der Waals surface area contributed by atoms with Crippen LogP contribution in [-0.4, -0.2) is 13.3 Å². The molecule has 0 aliphatic heterocycles. The fourth-order valence-corrected chi connectivity index (χ4v) is 0.991. The molecule has 1 rings (SSSR count). The number of hydrogen-bond donors (Lipinski definition) is 0. The third kappa shape index (κ3) is 4.72. The van der Waals surface area contributed by atoms with Gasteiger partial charge < -0.3 is 9.47 Å². The van der Waals surface area contributed by atoms with Gasteiger partial charge in [0.05, 0.1) is 19.4 Å². The molecule has 0 fully saturated rings. The van der Waals surface area contributed by atoms with Gasteiger partial charge in [0, 0.05) is 0 Å². The molecule has 0 bridgehead atoms. The quantitative estimate of drug-likeness (QED) is 0.741. The molecule has 0 amide bonds. The van der Waals surface area contributed by atoms with Gasteiger partial charge in [-0.05, 0) is 17.7 Å². The second kappa shape index (κ2) is 5.44. The lowest BCUT2D eigenvalue weighted by atomic mass is 10.2. The Hall–Kier alpha value is -1.65. The first kappa shape index (κ1) is 12.4. The van der Waals surface area contributed by atoms with Crippen LogP contribution >= 0.6 is 0 Å². The molecule has 0 aromatic heterocycles. The van der Waals surface area contributed by atoms with Crippen molar-refractivity contribution >= 4 is 0 Å². The highest BCUT2D eigenvalue weighted by atomic mass is 19.4. The summed E-state index contributed by atoms with van der Waals surface area (Å²) < 4.78 is 44.8. The van der Waals surface area contributed by atoms with E-state index in [2.05, 4.69) is 0 Å². The number of hydrogen-bond acceptors (Lipinski definition) is 2. The van der Waals surface area contributed by atoms with E-state index in [0.717, 1.165) is 5.56 Å². The van der Waals surface area contributed by atoms with Gasteiger partial charge in [-0.2, -0.15) is 13.2 Å². The van der Waals surface area contributed by atoms with Crippen molar-refractivity contribution in [3.05, 3.63) is 42.2 Å². The number of allylic oxidation sites excluding steroid dienone is 1. The summed E-state index contributed by atoms with van der Waals surface area (Å²) in [5.74, 6) is 0.689.